The standard InChI is InChI=1S/C16H28N4S.HI/c1-17-16(18-12-15(19(2)3)13-7-8-13)20(4)10-9-14-6-5-11-21-14;/h5-6,11,13,15H,7-10,12H2,1-4H3,(H,17,18);1H. The molecule has 2 rings (SSSR count). The summed E-state index contributed by atoms with van der Waals surface area (Å²) >= 11 is 1.82. The van der Waals surface area contributed by atoms with Gasteiger partial charge in [-0.05, 0) is 50.7 Å². The Hall–Kier alpha value is -0.340. The van der Waals surface area contributed by atoms with E-state index < -0.39 is 0 Å². The van der Waals surface area contributed by atoms with E-state index in [1.165, 1.54) is 17.7 Å². The van der Waals surface area contributed by atoms with Crippen molar-refractivity contribution in [3.05, 3.63) is 22.4 Å². The van der Waals surface area contributed by atoms with E-state index in [4.69, 9.17) is 0 Å². The van der Waals surface area contributed by atoms with Gasteiger partial charge in [-0.3, -0.25) is 4.99 Å². The van der Waals surface area contributed by atoms with Crippen molar-refractivity contribution in [1.82, 2.24) is 15.1 Å². The molecule has 4 nitrogen and oxygen atoms in total. The van der Waals surface area contributed by atoms with Gasteiger partial charge in [0.1, 0.15) is 0 Å². The molecular weight excluding hydrogens is 407 g/mol. The van der Waals surface area contributed by atoms with Crippen molar-refractivity contribution in [2.45, 2.75) is 25.3 Å². The molecule has 0 spiro atoms. The lowest BCUT2D eigenvalue weighted by molar-refractivity contribution is 0.262. The van der Waals surface area contributed by atoms with Gasteiger partial charge in [-0.2, -0.15) is 0 Å². The van der Waals surface area contributed by atoms with E-state index >= 15 is 0 Å². The number of hydrogen-bond acceptors (Lipinski definition) is 3. The Balaban J connectivity index is 0.00000242. The van der Waals surface area contributed by atoms with Crippen LogP contribution in [-0.2, 0) is 6.42 Å². The molecule has 1 atom stereocenters. The SMILES string of the molecule is CN=C(NCC(C1CC1)N(C)C)N(C)CCc1cccs1.I. The van der Waals surface area contributed by atoms with Crippen molar-refractivity contribution < 1.29 is 0 Å². The fourth-order valence-corrected chi connectivity index (χ4v) is 3.37. The molecule has 1 unspecified atom stereocenters. The number of nitrogens with zero attached hydrogens (tertiary/aromatic N) is 3. The van der Waals surface area contributed by atoms with E-state index in [-0.39, 0.29) is 24.0 Å². The molecule has 1 aliphatic rings. The summed E-state index contributed by atoms with van der Waals surface area (Å²) in [6, 6.07) is 4.93. The predicted molar refractivity (Wildman–Crippen MR) is 108 cm³/mol. The maximum atomic E-state index is 4.42. The van der Waals surface area contributed by atoms with Crippen molar-refractivity contribution in [3.63, 3.8) is 0 Å². The number of rotatable bonds is 7. The second-order valence-electron chi connectivity index (χ2n) is 6.05. The highest BCUT2D eigenvalue weighted by Crippen LogP contribution is 2.34. The first-order valence-corrected chi connectivity index (χ1v) is 8.60. The lowest BCUT2D eigenvalue weighted by Crippen LogP contribution is -2.46. The molecule has 1 fully saturated rings. The van der Waals surface area contributed by atoms with Crippen molar-refractivity contribution in [2.24, 2.45) is 10.9 Å². The van der Waals surface area contributed by atoms with Crippen molar-refractivity contribution in [3.8, 4) is 0 Å². The van der Waals surface area contributed by atoms with E-state index in [2.05, 4.69) is 58.8 Å². The first kappa shape index (κ1) is 19.7. The average Bonchev–Trinajstić information content (AvgIpc) is 3.15. The number of guanidine groups is 1. The zero-order chi connectivity index (χ0) is 15.2. The molecule has 1 aromatic rings. The first-order chi connectivity index (χ1) is 10.1. The smallest absolute Gasteiger partial charge is 0.193 e. The average molecular weight is 436 g/mol. The minimum Gasteiger partial charge on any atom is -0.355 e. The second kappa shape index (κ2) is 9.72. The fourth-order valence-electron chi connectivity index (χ4n) is 2.67. The van der Waals surface area contributed by atoms with E-state index in [9.17, 15) is 0 Å². The summed E-state index contributed by atoms with van der Waals surface area (Å²) in [4.78, 5) is 10.4. The first-order valence-electron chi connectivity index (χ1n) is 7.72. The van der Waals surface area contributed by atoms with E-state index in [0.29, 0.717) is 6.04 Å². The van der Waals surface area contributed by atoms with Gasteiger partial charge in [0, 0.05) is 38.1 Å². The maximum absolute atomic E-state index is 4.42. The Labute approximate surface area is 156 Å². The molecular formula is C16H29IN4S. The van der Waals surface area contributed by atoms with Crippen LogP contribution in [0.25, 0.3) is 0 Å². The maximum Gasteiger partial charge on any atom is 0.193 e. The zero-order valence-corrected chi connectivity index (χ0v) is 17.2. The largest absolute Gasteiger partial charge is 0.355 e. The van der Waals surface area contributed by atoms with Gasteiger partial charge < -0.3 is 15.1 Å². The van der Waals surface area contributed by atoms with Gasteiger partial charge in [0.25, 0.3) is 0 Å². The van der Waals surface area contributed by atoms with Crippen LogP contribution in [0.2, 0.25) is 0 Å². The van der Waals surface area contributed by atoms with E-state index in [1.807, 2.05) is 18.4 Å². The lowest BCUT2D eigenvalue weighted by Gasteiger charge is -2.28. The lowest BCUT2D eigenvalue weighted by atomic mass is 10.1. The molecule has 0 aliphatic heterocycles. The number of likely N-dealkylation sites (N-methyl/N-ethyl adjacent to an activating group) is 2. The normalized spacial score (nSPS) is 16.3. The van der Waals surface area contributed by atoms with Crippen LogP contribution in [-0.4, -0.2) is 63.1 Å². The molecule has 0 bridgehead atoms. The Bertz CT molecular complexity index is 441. The van der Waals surface area contributed by atoms with Crippen LogP contribution < -0.4 is 5.32 Å². The quantitative estimate of drug-likeness (QED) is 0.405. The second-order valence-corrected chi connectivity index (χ2v) is 7.08. The number of halogens is 1. The molecule has 1 N–H and O–H groups in total. The number of aliphatic imine (C=N–C) groups is 1. The van der Waals surface area contributed by atoms with Gasteiger partial charge >= 0.3 is 0 Å². The molecule has 0 saturated heterocycles. The van der Waals surface area contributed by atoms with Crippen molar-refractivity contribution in [2.75, 3.05) is 41.3 Å². The van der Waals surface area contributed by atoms with Gasteiger partial charge in [0.05, 0.1) is 0 Å². The van der Waals surface area contributed by atoms with Gasteiger partial charge in [-0.15, -0.1) is 35.3 Å². The van der Waals surface area contributed by atoms with Gasteiger partial charge in [0.15, 0.2) is 5.96 Å². The predicted octanol–water partition coefficient (Wildman–Crippen LogP) is 2.76. The molecule has 126 valence electrons. The third kappa shape index (κ3) is 6.04. The van der Waals surface area contributed by atoms with Crippen LogP contribution in [0.15, 0.2) is 22.5 Å². The topological polar surface area (TPSA) is 30.9 Å². The summed E-state index contributed by atoms with van der Waals surface area (Å²) in [6.07, 6.45) is 3.82. The molecule has 0 amide bonds. The molecule has 1 heterocycles. The minimum absolute atomic E-state index is 0. The summed E-state index contributed by atoms with van der Waals surface area (Å²) in [6.45, 7) is 1.98. The molecule has 6 heteroatoms. The Morgan fingerprint density at radius 2 is 2.14 bits per heavy atom. The minimum atomic E-state index is 0. The third-order valence-corrected chi connectivity index (χ3v) is 5.08. The van der Waals surface area contributed by atoms with E-state index in [0.717, 1.165) is 31.4 Å². The Kier molecular flexibility index (Phi) is 8.71. The van der Waals surface area contributed by atoms with Crippen LogP contribution >= 0.6 is 35.3 Å². The van der Waals surface area contributed by atoms with Crippen LogP contribution in [0, 0.1) is 5.92 Å². The van der Waals surface area contributed by atoms with Crippen molar-refractivity contribution in [1.29, 1.82) is 0 Å². The summed E-state index contributed by atoms with van der Waals surface area (Å²) in [7, 11) is 8.33. The number of nitrogens with one attached hydrogen (secondary N) is 1. The number of thiophene rings is 1. The van der Waals surface area contributed by atoms with Gasteiger partial charge in [-0.1, -0.05) is 6.07 Å². The molecule has 1 saturated carbocycles. The Morgan fingerprint density at radius 3 is 2.64 bits per heavy atom. The highest BCUT2D eigenvalue weighted by Gasteiger charge is 2.32. The number of hydrogen-bond donors (Lipinski definition) is 1. The summed E-state index contributed by atoms with van der Waals surface area (Å²) < 4.78 is 0. The molecule has 0 radical (unpaired) electrons. The highest BCUT2D eigenvalue weighted by molar-refractivity contribution is 14.0. The highest BCUT2D eigenvalue weighted by atomic mass is 127. The molecule has 1 aromatic heterocycles. The van der Waals surface area contributed by atoms with Crippen LogP contribution in [0.3, 0.4) is 0 Å². The van der Waals surface area contributed by atoms with Crippen LogP contribution in [0.5, 0.6) is 0 Å². The third-order valence-electron chi connectivity index (χ3n) is 4.15. The summed E-state index contributed by atoms with van der Waals surface area (Å²) in [5, 5.41) is 5.68. The summed E-state index contributed by atoms with van der Waals surface area (Å²) in [5.41, 5.74) is 0. The van der Waals surface area contributed by atoms with Crippen LogP contribution in [0.4, 0.5) is 0 Å². The monoisotopic (exact) mass is 436 g/mol. The van der Waals surface area contributed by atoms with Gasteiger partial charge in [-0.25, -0.2) is 0 Å². The molecule has 1 aliphatic carbocycles. The van der Waals surface area contributed by atoms with Crippen LogP contribution in [0.1, 0.15) is 17.7 Å². The Morgan fingerprint density at radius 1 is 1.41 bits per heavy atom. The van der Waals surface area contributed by atoms with Gasteiger partial charge in [0.2, 0.25) is 0 Å². The molecule has 22 heavy (non-hydrogen) atoms. The fraction of sp³-hybridized carbons (Fsp3) is 0.688. The van der Waals surface area contributed by atoms with Crippen molar-refractivity contribution >= 4 is 41.3 Å². The van der Waals surface area contributed by atoms with E-state index in [1.54, 1.807) is 0 Å². The zero-order valence-electron chi connectivity index (χ0n) is 14.1. The summed E-state index contributed by atoms with van der Waals surface area (Å²) in [5.74, 6) is 1.86. The molecule has 0 aromatic carbocycles.